The van der Waals surface area contributed by atoms with E-state index in [4.69, 9.17) is 9.84 Å². The molecule has 4 rings (SSSR count). The van der Waals surface area contributed by atoms with Crippen LogP contribution in [0.5, 0.6) is 5.75 Å². The molecule has 1 aliphatic heterocycles. The number of carboxylic acid groups (broad SMARTS) is 1. The lowest BCUT2D eigenvalue weighted by Gasteiger charge is -2.35. The number of carbonyl (C=O) groups is 1. The van der Waals surface area contributed by atoms with Crippen molar-refractivity contribution >= 4 is 5.97 Å². The summed E-state index contributed by atoms with van der Waals surface area (Å²) in [5.41, 5.74) is 4.95. The predicted molar refractivity (Wildman–Crippen MR) is 116 cm³/mol. The fraction of sp³-hybridized carbons (Fsp3) is 0.500. The first-order valence-electron chi connectivity index (χ1n) is 11.0. The fourth-order valence-corrected chi connectivity index (χ4v) is 4.78. The van der Waals surface area contributed by atoms with Crippen LogP contribution in [0.2, 0.25) is 0 Å². The van der Waals surface area contributed by atoms with Gasteiger partial charge in [-0.25, -0.2) is 4.39 Å². The van der Waals surface area contributed by atoms with Crippen molar-refractivity contribution in [3.63, 3.8) is 0 Å². The normalized spacial score (nSPS) is 18.6. The van der Waals surface area contributed by atoms with E-state index in [1.54, 1.807) is 6.07 Å². The molecule has 1 unspecified atom stereocenters. The Bertz CT molecular complexity index is 972. The van der Waals surface area contributed by atoms with E-state index < -0.39 is 11.8 Å². The second kappa shape index (κ2) is 7.72. The number of carboxylic acids is 1. The molecular formula is C26H31FO3. The van der Waals surface area contributed by atoms with Gasteiger partial charge in [0.05, 0.1) is 13.0 Å². The van der Waals surface area contributed by atoms with E-state index in [1.165, 1.54) is 35.6 Å². The van der Waals surface area contributed by atoms with Crippen LogP contribution in [0.4, 0.5) is 4.39 Å². The van der Waals surface area contributed by atoms with Crippen LogP contribution in [0.3, 0.4) is 0 Å². The third-order valence-corrected chi connectivity index (χ3v) is 6.66. The van der Waals surface area contributed by atoms with Crippen LogP contribution in [0.25, 0.3) is 0 Å². The molecule has 160 valence electrons. The van der Waals surface area contributed by atoms with Gasteiger partial charge in [-0.1, -0.05) is 52.0 Å². The van der Waals surface area contributed by atoms with Gasteiger partial charge in [0.25, 0.3) is 0 Å². The van der Waals surface area contributed by atoms with Gasteiger partial charge in [0.15, 0.2) is 0 Å². The molecule has 0 spiro atoms. The summed E-state index contributed by atoms with van der Waals surface area (Å²) >= 11 is 0. The zero-order valence-electron chi connectivity index (χ0n) is 18.3. The average Bonchev–Trinajstić information content (AvgIpc) is 3.48. The average molecular weight is 411 g/mol. The summed E-state index contributed by atoms with van der Waals surface area (Å²) < 4.78 is 20.8. The van der Waals surface area contributed by atoms with Crippen LogP contribution < -0.4 is 4.74 Å². The summed E-state index contributed by atoms with van der Waals surface area (Å²) in [5, 5.41) is 9.01. The van der Waals surface area contributed by atoms with Gasteiger partial charge in [-0.3, -0.25) is 4.79 Å². The summed E-state index contributed by atoms with van der Waals surface area (Å²) in [5.74, 6) is 0.488. The first kappa shape index (κ1) is 20.9. The summed E-state index contributed by atoms with van der Waals surface area (Å²) in [6.45, 7) is 9.62. The summed E-state index contributed by atoms with van der Waals surface area (Å²) in [6.07, 6.45) is 3.09. The zero-order chi connectivity index (χ0) is 21.6. The van der Waals surface area contributed by atoms with Gasteiger partial charge < -0.3 is 9.84 Å². The second-order valence-corrected chi connectivity index (χ2v) is 9.89. The molecule has 2 aliphatic rings. The molecule has 1 aliphatic carbocycles. The molecule has 30 heavy (non-hydrogen) atoms. The Hall–Kier alpha value is -2.36. The molecule has 1 atom stereocenters. The van der Waals surface area contributed by atoms with Crippen LogP contribution in [0.1, 0.15) is 86.6 Å². The number of hydrogen-bond donors (Lipinski definition) is 1. The van der Waals surface area contributed by atoms with Crippen molar-refractivity contribution in [2.75, 3.05) is 6.61 Å². The number of fused-ring (bicyclic) bond motifs is 1. The van der Waals surface area contributed by atoms with Crippen LogP contribution >= 0.6 is 0 Å². The number of ether oxygens (including phenoxy) is 1. The molecule has 1 saturated carbocycles. The lowest BCUT2D eigenvalue weighted by atomic mass is 9.74. The first-order chi connectivity index (χ1) is 14.2. The van der Waals surface area contributed by atoms with Crippen molar-refractivity contribution < 1.29 is 19.0 Å². The maximum Gasteiger partial charge on any atom is 0.307 e. The Labute approximate surface area is 178 Å². The Morgan fingerprint density at radius 3 is 2.53 bits per heavy atom. The maximum absolute atomic E-state index is 14.7. The first-order valence-corrected chi connectivity index (χ1v) is 11.0. The molecule has 1 heterocycles. The summed E-state index contributed by atoms with van der Waals surface area (Å²) in [7, 11) is 0. The van der Waals surface area contributed by atoms with Crippen LogP contribution in [0, 0.1) is 11.7 Å². The largest absolute Gasteiger partial charge is 0.493 e. The Balaban J connectivity index is 1.81. The van der Waals surface area contributed by atoms with Gasteiger partial charge in [-0.2, -0.15) is 0 Å². The number of rotatable bonds is 6. The topological polar surface area (TPSA) is 46.5 Å². The number of aliphatic carboxylic acids is 1. The van der Waals surface area contributed by atoms with E-state index in [0.29, 0.717) is 5.92 Å². The van der Waals surface area contributed by atoms with Gasteiger partial charge in [-0.05, 0) is 64.8 Å². The van der Waals surface area contributed by atoms with Crippen molar-refractivity contribution in [3.05, 3.63) is 64.0 Å². The maximum atomic E-state index is 14.7. The minimum atomic E-state index is -1.02. The molecule has 0 radical (unpaired) electrons. The quantitative estimate of drug-likeness (QED) is 0.619. The Kier molecular flexibility index (Phi) is 5.37. The van der Waals surface area contributed by atoms with E-state index >= 15 is 0 Å². The Morgan fingerprint density at radius 1 is 1.20 bits per heavy atom. The third kappa shape index (κ3) is 3.97. The van der Waals surface area contributed by atoms with Crippen molar-refractivity contribution in [2.24, 2.45) is 5.92 Å². The molecule has 0 amide bonds. The van der Waals surface area contributed by atoms with Gasteiger partial charge in [0.2, 0.25) is 0 Å². The molecule has 0 saturated heterocycles. The van der Waals surface area contributed by atoms with E-state index in [1.807, 2.05) is 6.07 Å². The highest BCUT2D eigenvalue weighted by Gasteiger charge is 2.36. The number of hydrogen-bond acceptors (Lipinski definition) is 2. The molecule has 1 fully saturated rings. The molecule has 1 N–H and O–H groups in total. The fourth-order valence-electron chi connectivity index (χ4n) is 4.78. The van der Waals surface area contributed by atoms with Crippen molar-refractivity contribution in [1.82, 2.24) is 0 Å². The van der Waals surface area contributed by atoms with E-state index in [2.05, 4.69) is 39.8 Å². The minimum absolute atomic E-state index is 0.0407. The van der Waals surface area contributed by atoms with Crippen LogP contribution in [-0.4, -0.2) is 17.7 Å². The molecule has 3 nitrogen and oxygen atoms in total. The molecule has 2 aromatic rings. The van der Waals surface area contributed by atoms with Crippen LogP contribution in [0.15, 0.2) is 30.3 Å². The molecule has 4 heteroatoms. The number of halogens is 1. The third-order valence-electron chi connectivity index (χ3n) is 6.66. The molecule has 0 bridgehead atoms. The molecule has 2 aromatic carbocycles. The van der Waals surface area contributed by atoms with Crippen LogP contribution in [-0.2, 0) is 16.6 Å². The standard InChI is InChI=1S/C26H31FO3/c1-15(2)24(18-8-7-17(14-23(28)29)22(27)13-18)19-11-20(16-5-6-16)25-21(12-19)26(3,4)9-10-30-25/h7-8,11-13,15-16,24H,5-6,9-10,14H2,1-4H3,(H,28,29). The van der Waals surface area contributed by atoms with E-state index in [9.17, 15) is 9.18 Å². The van der Waals surface area contributed by atoms with Crippen molar-refractivity contribution in [1.29, 1.82) is 0 Å². The van der Waals surface area contributed by atoms with Gasteiger partial charge in [-0.15, -0.1) is 0 Å². The van der Waals surface area contributed by atoms with E-state index in [-0.39, 0.29) is 29.2 Å². The summed E-state index contributed by atoms with van der Waals surface area (Å²) in [4.78, 5) is 11.0. The zero-order valence-corrected chi connectivity index (χ0v) is 18.3. The smallest absolute Gasteiger partial charge is 0.307 e. The van der Waals surface area contributed by atoms with Crippen molar-refractivity contribution in [3.8, 4) is 5.75 Å². The van der Waals surface area contributed by atoms with E-state index in [0.717, 1.165) is 24.3 Å². The summed E-state index contributed by atoms with van der Waals surface area (Å²) in [6, 6.07) is 9.60. The lowest BCUT2D eigenvalue weighted by Crippen LogP contribution is -2.28. The van der Waals surface area contributed by atoms with Gasteiger partial charge in [0, 0.05) is 11.5 Å². The molecular weight excluding hydrogens is 379 g/mol. The lowest BCUT2D eigenvalue weighted by molar-refractivity contribution is -0.136. The monoisotopic (exact) mass is 410 g/mol. The van der Waals surface area contributed by atoms with Gasteiger partial charge >= 0.3 is 5.97 Å². The second-order valence-electron chi connectivity index (χ2n) is 9.89. The highest BCUT2D eigenvalue weighted by atomic mass is 19.1. The molecule has 0 aromatic heterocycles. The SMILES string of the molecule is CC(C)C(c1ccc(CC(=O)O)c(F)c1)c1cc(C2CC2)c2c(c1)C(C)(C)CCO2. The highest BCUT2D eigenvalue weighted by Crippen LogP contribution is 2.51. The van der Waals surface area contributed by atoms with Gasteiger partial charge in [0.1, 0.15) is 11.6 Å². The Morgan fingerprint density at radius 2 is 1.93 bits per heavy atom. The minimum Gasteiger partial charge on any atom is -0.493 e. The highest BCUT2D eigenvalue weighted by molar-refractivity contribution is 5.70. The predicted octanol–water partition coefficient (Wildman–Crippen LogP) is 6.18. The number of benzene rings is 2. The van der Waals surface area contributed by atoms with Crippen molar-refractivity contribution in [2.45, 2.75) is 70.6 Å².